The van der Waals surface area contributed by atoms with Crippen LogP contribution in [0.2, 0.25) is 0 Å². The van der Waals surface area contributed by atoms with Gasteiger partial charge in [-0.15, -0.1) is 10.2 Å². The second-order valence-electron chi connectivity index (χ2n) is 13.2. The molecule has 3 aromatic heterocycles. The summed E-state index contributed by atoms with van der Waals surface area (Å²) in [6.07, 6.45) is 5.68. The number of benzene rings is 6. The van der Waals surface area contributed by atoms with Gasteiger partial charge in [0.1, 0.15) is 0 Å². The van der Waals surface area contributed by atoms with E-state index in [1.165, 1.54) is 60.8 Å². The minimum absolute atomic E-state index is 0.280. The van der Waals surface area contributed by atoms with E-state index in [2.05, 4.69) is 172 Å². The topological polar surface area (TPSA) is 48.8 Å². The van der Waals surface area contributed by atoms with Crippen molar-refractivity contribution >= 4 is 38.8 Å². The van der Waals surface area contributed by atoms with Crippen molar-refractivity contribution in [3.63, 3.8) is 0 Å². The summed E-state index contributed by atoms with van der Waals surface area (Å²) in [5.41, 5.74) is 12.9. The molecule has 0 saturated carbocycles. The number of aryl methyl sites for hydroxylation is 1. The van der Waals surface area contributed by atoms with Crippen molar-refractivity contribution in [1.82, 2.24) is 19.3 Å². The van der Waals surface area contributed by atoms with Crippen LogP contribution in [0.25, 0.3) is 73.1 Å². The molecule has 0 spiro atoms. The lowest BCUT2D eigenvalue weighted by Gasteiger charge is -2.20. The molecule has 1 aliphatic carbocycles. The smallest absolute Gasteiger partial charge is 0.248 e. The van der Waals surface area contributed by atoms with Crippen LogP contribution in [-0.4, -0.2) is 19.3 Å². The summed E-state index contributed by atoms with van der Waals surface area (Å²) in [7, 11) is 0. The Morgan fingerprint density at radius 2 is 1.16 bits per heavy atom. The van der Waals surface area contributed by atoms with E-state index < -0.39 is 0 Å². The largest absolute Gasteiger partial charge is 0.416 e. The molecule has 1 atom stereocenters. The van der Waals surface area contributed by atoms with Crippen LogP contribution in [0.3, 0.4) is 0 Å². The Hall–Kier alpha value is -6.46. The molecule has 0 bridgehead atoms. The normalized spacial score (nSPS) is 14.1. The van der Waals surface area contributed by atoms with Gasteiger partial charge in [-0.3, -0.25) is 0 Å². The molecule has 0 fully saturated rings. The molecule has 0 N–H and O–H groups in total. The molecule has 5 nitrogen and oxygen atoms in total. The molecule has 3 heterocycles. The van der Waals surface area contributed by atoms with Crippen molar-refractivity contribution in [3.8, 4) is 34.3 Å². The van der Waals surface area contributed by atoms with Crippen molar-refractivity contribution in [2.75, 3.05) is 0 Å². The zero-order valence-electron chi connectivity index (χ0n) is 27.5. The molecule has 9 aromatic rings. The molecule has 238 valence electrons. The van der Waals surface area contributed by atoms with E-state index in [1.807, 2.05) is 12.1 Å². The van der Waals surface area contributed by atoms with Gasteiger partial charge in [-0.2, -0.15) is 0 Å². The lowest BCUT2D eigenvalue weighted by molar-refractivity contribution is 0.584. The standard InChI is InChI=1S/C45H32N4O/c1-29-15-17-30(18-16-29)44-46-47-45(50-44)31-19-23-35(24-20-31)49-41-14-8-6-12-37(41)39-28-33(22-26-43(39)49)32-21-25-42-38(27-32)36-11-5-7-13-40(36)48(42)34-9-3-2-4-10-34/h2-26,28,32H,27H2,1H3. The van der Waals surface area contributed by atoms with Gasteiger partial charge in [-0.1, -0.05) is 84.4 Å². The van der Waals surface area contributed by atoms with E-state index in [9.17, 15) is 0 Å². The van der Waals surface area contributed by atoms with Crippen LogP contribution in [0, 0.1) is 6.92 Å². The SMILES string of the molecule is Cc1ccc(-c2nnc(-c3ccc(-n4c5ccccc5c5cc(C6C=Cc7c(c8ccccc8n7-c7ccccc7)C6)ccc54)cc3)o2)cc1. The summed E-state index contributed by atoms with van der Waals surface area (Å²) in [5, 5.41) is 12.5. The Bertz CT molecular complexity index is 2730. The molecule has 1 aliphatic rings. The van der Waals surface area contributed by atoms with Crippen molar-refractivity contribution in [1.29, 1.82) is 0 Å². The Morgan fingerprint density at radius 3 is 1.90 bits per heavy atom. The average molecular weight is 645 g/mol. The van der Waals surface area contributed by atoms with E-state index in [0.29, 0.717) is 11.8 Å². The first-order chi connectivity index (χ1) is 24.7. The first-order valence-electron chi connectivity index (χ1n) is 17.1. The quantitative estimate of drug-likeness (QED) is 0.187. The zero-order valence-corrected chi connectivity index (χ0v) is 27.5. The fraction of sp³-hybridized carbons (Fsp3) is 0.0667. The van der Waals surface area contributed by atoms with Crippen LogP contribution in [0.1, 0.15) is 28.3 Å². The van der Waals surface area contributed by atoms with Gasteiger partial charge in [0.25, 0.3) is 0 Å². The molecule has 0 radical (unpaired) electrons. The summed E-state index contributed by atoms with van der Waals surface area (Å²) >= 11 is 0. The Kier molecular flexibility index (Phi) is 6.46. The fourth-order valence-electron chi connectivity index (χ4n) is 7.70. The molecule has 1 unspecified atom stereocenters. The van der Waals surface area contributed by atoms with Crippen LogP contribution in [0.15, 0.2) is 156 Å². The lowest BCUT2D eigenvalue weighted by atomic mass is 9.86. The van der Waals surface area contributed by atoms with Crippen molar-refractivity contribution in [2.24, 2.45) is 0 Å². The summed E-state index contributed by atoms with van der Waals surface area (Å²) in [4.78, 5) is 0. The van der Waals surface area contributed by atoms with Gasteiger partial charge in [0.05, 0.1) is 16.6 Å². The van der Waals surface area contributed by atoms with Crippen LogP contribution in [-0.2, 0) is 6.42 Å². The average Bonchev–Trinajstić information content (AvgIpc) is 3.88. The highest BCUT2D eigenvalue weighted by Crippen LogP contribution is 2.40. The third-order valence-corrected chi connectivity index (χ3v) is 10.2. The summed E-state index contributed by atoms with van der Waals surface area (Å²) in [6.45, 7) is 2.07. The number of hydrogen-bond acceptors (Lipinski definition) is 3. The number of fused-ring (bicyclic) bond motifs is 6. The zero-order chi connectivity index (χ0) is 33.2. The highest BCUT2D eigenvalue weighted by Gasteiger charge is 2.24. The van der Waals surface area contributed by atoms with E-state index in [1.54, 1.807) is 0 Å². The van der Waals surface area contributed by atoms with E-state index in [0.717, 1.165) is 23.2 Å². The number of allylic oxidation sites excluding steroid dienone is 1. The highest BCUT2D eigenvalue weighted by molar-refractivity contribution is 6.09. The van der Waals surface area contributed by atoms with Crippen molar-refractivity contribution in [3.05, 3.63) is 174 Å². The van der Waals surface area contributed by atoms with Gasteiger partial charge in [0.15, 0.2) is 0 Å². The molecule has 0 aliphatic heterocycles. The molecule has 6 aromatic carbocycles. The number of aromatic nitrogens is 4. The minimum atomic E-state index is 0.280. The maximum Gasteiger partial charge on any atom is 0.248 e. The fourth-order valence-corrected chi connectivity index (χ4v) is 7.70. The van der Waals surface area contributed by atoms with E-state index >= 15 is 0 Å². The first-order valence-corrected chi connectivity index (χ1v) is 17.1. The van der Waals surface area contributed by atoms with Gasteiger partial charge < -0.3 is 13.6 Å². The third-order valence-electron chi connectivity index (χ3n) is 10.2. The van der Waals surface area contributed by atoms with E-state index in [4.69, 9.17) is 4.42 Å². The summed E-state index contributed by atoms with van der Waals surface area (Å²) in [6, 6.07) is 51.7. The summed E-state index contributed by atoms with van der Waals surface area (Å²) < 4.78 is 10.8. The van der Waals surface area contributed by atoms with Crippen LogP contribution in [0.4, 0.5) is 0 Å². The predicted octanol–water partition coefficient (Wildman–Crippen LogP) is 11.1. The molecular formula is C45H32N4O. The van der Waals surface area contributed by atoms with Gasteiger partial charge in [0.2, 0.25) is 11.8 Å². The Labute approximate surface area is 289 Å². The van der Waals surface area contributed by atoms with Crippen LogP contribution < -0.4 is 0 Å². The second-order valence-corrected chi connectivity index (χ2v) is 13.2. The third kappa shape index (κ3) is 4.55. The second kappa shape index (κ2) is 11.3. The molecule has 0 saturated heterocycles. The monoisotopic (exact) mass is 644 g/mol. The maximum atomic E-state index is 6.07. The van der Waals surface area contributed by atoms with Gasteiger partial charge >= 0.3 is 0 Å². The lowest BCUT2D eigenvalue weighted by Crippen LogP contribution is -2.07. The van der Waals surface area contributed by atoms with Crippen LogP contribution >= 0.6 is 0 Å². The number of hydrogen-bond donors (Lipinski definition) is 0. The highest BCUT2D eigenvalue weighted by atomic mass is 16.4. The maximum absolute atomic E-state index is 6.07. The summed E-state index contributed by atoms with van der Waals surface area (Å²) in [5.74, 6) is 1.31. The van der Waals surface area contributed by atoms with Crippen molar-refractivity contribution in [2.45, 2.75) is 19.3 Å². The Morgan fingerprint density at radius 1 is 0.560 bits per heavy atom. The number of rotatable bonds is 5. The van der Waals surface area contributed by atoms with Crippen LogP contribution in [0.5, 0.6) is 0 Å². The number of nitrogens with zero attached hydrogens (tertiary/aromatic N) is 4. The van der Waals surface area contributed by atoms with Gasteiger partial charge in [-0.25, -0.2) is 0 Å². The Balaban J connectivity index is 1.01. The minimum Gasteiger partial charge on any atom is -0.416 e. The molecule has 5 heteroatoms. The molecule has 10 rings (SSSR count). The molecule has 0 amide bonds. The predicted molar refractivity (Wildman–Crippen MR) is 203 cm³/mol. The van der Waals surface area contributed by atoms with Crippen molar-refractivity contribution < 1.29 is 4.42 Å². The molecular weight excluding hydrogens is 613 g/mol. The van der Waals surface area contributed by atoms with Gasteiger partial charge in [-0.05, 0) is 103 Å². The molecule has 50 heavy (non-hydrogen) atoms. The number of para-hydroxylation sites is 3. The first kappa shape index (κ1) is 28.5. The van der Waals surface area contributed by atoms with Gasteiger partial charge in [0, 0.05) is 50.3 Å². The van der Waals surface area contributed by atoms with E-state index in [-0.39, 0.29) is 5.92 Å².